The van der Waals surface area contributed by atoms with Gasteiger partial charge < -0.3 is 28.8 Å². The number of phenols is 1. The zero-order valence-electron chi connectivity index (χ0n) is 15.9. The van der Waals surface area contributed by atoms with Crippen molar-refractivity contribution in [2.75, 3.05) is 27.9 Å². The van der Waals surface area contributed by atoms with Gasteiger partial charge in [0, 0.05) is 17.6 Å². The molecule has 2 aromatic carbocycles. The van der Waals surface area contributed by atoms with Crippen molar-refractivity contribution in [1.29, 1.82) is 0 Å². The third-order valence-electron chi connectivity index (χ3n) is 4.49. The Labute approximate surface area is 162 Å². The minimum Gasteiger partial charge on any atom is -0.504 e. The van der Waals surface area contributed by atoms with Crippen molar-refractivity contribution in [3.05, 3.63) is 41.5 Å². The topological polar surface area (TPSA) is 98.4 Å². The SMILES string of the molecule is COC(=O)c1c(-c2ccc(O)c(OC)c2)oc2c(OC)cc(CCCO)cc12. The third kappa shape index (κ3) is 3.48. The summed E-state index contributed by atoms with van der Waals surface area (Å²) >= 11 is 0. The van der Waals surface area contributed by atoms with Crippen LogP contribution >= 0.6 is 0 Å². The second-order valence-corrected chi connectivity index (χ2v) is 6.19. The Kier molecular flexibility index (Phi) is 5.75. The third-order valence-corrected chi connectivity index (χ3v) is 4.49. The Morgan fingerprint density at radius 1 is 1.07 bits per heavy atom. The molecular formula is C21H22O7. The summed E-state index contributed by atoms with van der Waals surface area (Å²) in [5, 5.41) is 19.5. The molecule has 28 heavy (non-hydrogen) atoms. The number of carbonyl (C=O) groups is 1. The van der Waals surface area contributed by atoms with Crippen LogP contribution in [-0.4, -0.2) is 44.1 Å². The Bertz CT molecular complexity index is 1000. The van der Waals surface area contributed by atoms with E-state index in [4.69, 9.17) is 23.7 Å². The summed E-state index contributed by atoms with van der Waals surface area (Å²) in [4.78, 5) is 12.6. The van der Waals surface area contributed by atoms with Gasteiger partial charge in [0.1, 0.15) is 11.3 Å². The summed E-state index contributed by atoms with van der Waals surface area (Å²) < 4.78 is 21.6. The Morgan fingerprint density at radius 3 is 2.46 bits per heavy atom. The predicted octanol–water partition coefficient (Wildman–Crippen LogP) is 3.53. The number of aromatic hydroxyl groups is 1. The van der Waals surface area contributed by atoms with Crippen molar-refractivity contribution in [1.82, 2.24) is 0 Å². The molecule has 0 spiro atoms. The number of carbonyl (C=O) groups excluding carboxylic acids is 1. The number of rotatable bonds is 7. The predicted molar refractivity (Wildman–Crippen MR) is 103 cm³/mol. The summed E-state index contributed by atoms with van der Waals surface area (Å²) in [7, 11) is 4.26. The molecule has 0 bridgehead atoms. The number of esters is 1. The first-order chi connectivity index (χ1) is 13.5. The quantitative estimate of drug-likeness (QED) is 0.599. The highest BCUT2D eigenvalue weighted by molar-refractivity contribution is 6.10. The molecule has 3 aromatic rings. The fourth-order valence-electron chi connectivity index (χ4n) is 3.13. The van der Waals surface area contributed by atoms with Gasteiger partial charge in [0.2, 0.25) is 0 Å². The van der Waals surface area contributed by atoms with E-state index in [0.717, 1.165) is 5.56 Å². The lowest BCUT2D eigenvalue weighted by molar-refractivity contribution is 0.0603. The fourth-order valence-corrected chi connectivity index (χ4v) is 3.13. The van der Waals surface area contributed by atoms with Gasteiger partial charge >= 0.3 is 5.97 Å². The molecular weight excluding hydrogens is 364 g/mol. The number of hydrogen-bond donors (Lipinski definition) is 2. The second kappa shape index (κ2) is 8.22. The summed E-state index contributed by atoms with van der Waals surface area (Å²) in [6.45, 7) is 0.0636. The molecule has 7 nitrogen and oxygen atoms in total. The molecule has 2 N–H and O–H groups in total. The van der Waals surface area contributed by atoms with Gasteiger partial charge in [-0.3, -0.25) is 0 Å². The van der Waals surface area contributed by atoms with Crippen LogP contribution in [0.3, 0.4) is 0 Å². The first-order valence-electron chi connectivity index (χ1n) is 8.74. The number of ether oxygens (including phenoxy) is 3. The van der Waals surface area contributed by atoms with Crippen LogP contribution in [0.2, 0.25) is 0 Å². The Balaban J connectivity index is 2.29. The maximum Gasteiger partial charge on any atom is 0.342 e. The molecule has 0 fully saturated rings. The zero-order valence-corrected chi connectivity index (χ0v) is 15.9. The number of phenolic OH excluding ortho intramolecular Hbond substituents is 1. The van der Waals surface area contributed by atoms with E-state index < -0.39 is 5.97 Å². The lowest BCUT2D eigenvalue weighted by Crippen LogP contribution is -2.02. The van der Waals surface area contributed by atoms with Crippen molar-refractivity contribution < 1.29 is 33.6 Å². The minimum atomic E-state index is -0.554. The molecule has 0 aliphatic rings. The Morgan fingerprint density at radius 2 is 1.82 bits per heavy atom. The standard InChI is InChI=1S/C21H22O7/c1-25-16-11-13(6-7-15(16)23)19-18(21(24)27-3)14-9-12(5-4-8-22)10-17(26-2)20(14)28-19/h6-7,9-11,22-23H,4-5,8H2,1-3H3. The van der Waals surface area contributed by atoms with Gasteiger partial charge in [-0.2, -0.15) is 0 Å². The molecule has 0 atom stereocenters. The van der Waals surface area contributed by atoms with Gasteiger partial charge in [-0.15, -0.1) is 0 Å². The number of hydrogen-bond acceptors (Lipinski definition) is 7. The van der Waals surface area contributed by atoms with Crippen molar-refractivity contribution in [2.45, 2.75) is 12.8 Å². The van der Waals surface area contributed by atoms with Gasteiger partial charge in [0.25, 0.3) is 0 Å². The largest absolute Gasteiger partial charge is 0.504 e. The van der Waals surface area contributed by atoms with E-state index in [1.54, 1.807) is 12.1 Å². The van der Waals surface area contributed by atoms with Crippen molar-refractivity contribution in [2.24, 2.45) is 0 Å². The molecule has 7 heteroatoms. The maximum atomic E-state index is 12.6. The van der Waals surface area contributed by atoms with Crippen LogP contribution in [0.4, 0.5) is 0 Å². The molecule has 0 saturated heterocycles. The smallest absolute Gasteiger partial charge is 0.342 e. The fraction of sp³-hybridized carbons (Fsp3) is 0.286. The number of aryl methyl sites for hydroxylation is 1. The maximum absolute atomic E-state index is 12.6. The minimum absolute atomic E-state index is 0.0224. The van der Waals surface area contributed by atoms with Gasteiger partial charge in [-0.05, 0) is 48.7 Å². The molecule has 3 rings (SSSR count). The summed E-state index contributed by atoms with van der Waals surface area (Å²) in [6, 6.07) is 8.33. The highest BCUT2D eigenvalue weighted by Gasteiger charge is 2.26. The lowest BCUT2D eigenvalue weighted by atomic mass is 10.0. The van der Waals surface area contributed by atoms with Crippen LogP contribution in [0.15, 0.2) is 34.7 Å². The van der Waals surface area contributed by atoms with Gasteiger partial charge in [-0.25, -0.2) is 4.79 Å². The normalized spacial score (nSPS) is 10.9. The first-order valence-corrected chi connectivity index (χ1v) is 8.74. The molecule has 1 heterocycles. The molecule has 0 saturated carbocycles. The van der Waals surface area contributed by atoms with E-state index in [1.807, 2.05) is 12.1 Å². The number of fused-ring (bicyclic) bond motifs is 1. The van der Waals surface area contributed by atoms with E-state index in [2.05, 4.69) is 0 Å². The van der Waals surface area contributed by atoms with Crippen molar-refractivity contribution >= 4 is 16.9 Å². The number of aliphatic hydroxyl groups is 1. The average molecular weight is 386 g/mol. The Hall–Kier alpha value is -3.19. The second-order valence-electron chi connectivity index (χ2n) is 6.19. The van der Waals surface area contributed by atoms with Gasteiger partial charge in [-0.1, -0.05) is 0 Å². The molecule has 0 aliphatic heterocycles. The monoisotopic (exact) mass is 386 g/mol. The highest BCUT2D eigenvalue weighted by Crippen LogP contribution is 2.41. The number of aliphatic hydroxyl groups excluding tert-OH is 1. The molecule has 148 valence electrons. The summed E-state index contributed by atoms with van der Waals surface area (Å²) in [6.07, 6.45) is 1.21. The summed E-state index contributed by atoms with van der Waals surface area (Å²) in [5.74, 6) is 0.447. The van der Waals surface area contributed by atoms with Crippen LogP contribution in [0.1, 0.15) is 22.3 Å². The van der Waals surface area contributed by atoms with Crippen LogP contribution in [0.5, 0.6) is 17.2 Å². The van der Waals surface area contributed by atoms with Crippen LogP contribution in [0.25, 0.3) is 22.3 Å². The summed E-state index contributed by atoms with van der Waals surface area (Å²) in [5.41, 5.74) is 2.12. The average Bonchev–Trinajstić information content (AvgIpc) is 3.10. The first kappa shape index (κ1) is 19.6. The van der Waals surface area contributed by atoms with Gasteiger partial charge in [0.05, 0.1) is 21.3 Å². The van der Waals surface area contributed by atoms with Gasteiger partial charge in [0.15, 0.2) is 22.8 Å². The van der Waals surface area contributed by atoms with E-state index in [9.17, 15) is 9.90 Å². The van der Waals surface area contributed by atoms with E-state index >= 15 is 0 Å². The molecule has 0 unspecified atom stereocenters. The van der Waals surface area contributed by atoms with Crippen molar-refractivity contribution in [3.8, 4) is 28.6 Å². The molecule has 0 aliphatic carbocycles. The number of furan rings is 1. The van der Waals surface area contributed by atoms with E-state index in [0.29, 0.717) is 35.1 Å². The van der Waals surface area contributed by atoms with E-state index in [1.165, 1.54) is 27.4 Å². The molecule has 0 amide bonds. The van der Waals surface area contributed by atoms with Crippen LogP contribution in [-0.2, 0) is 11.2 Å². The van der Waals surface area contributed by atoms with Crippen molar-refractivity contribution in [3.63, 3.8) is 0 Å². The number of methoxy groups -OCH3 is 3. The molecule has 0 radical (unpaired) electrons. The van der Waals surface area contributed by atoms with Crippen LogP contribution in [0, 0.1) is 0 Å². The van der Waals surface area contributed by atoms with E-state index in [-0.39, 0.29) is 29.4 Å². The highest BCUT2D eigenvalue weighted by atomic mass is 16.5. The zero-order chi connectivity index (χ0) is 20.3. The van der Waals surface area contributed by atoms with Crippen LogP contribution < -0.4 is 9.47 Å². The number of benzene rings is 2. The lowest BCUT2D eigenvalue weighted by Gasteiger charge is -2.06. The molecule has 1 aromatic heterocycles.